The largest absolute Gasteiger partial charge is 0.653 e. The summed E-state index contributed by atoms with van der Waals surface area (Å²) < 4.78 is 38.7. The lowest BCUT2D eigenvalue weighted by atomic mass is 10.1. The van der Waals surface area contributed by atoms with Crippen LogP contribution in [0, 0.1) is 6.92 Å². The minimum atomic E-state index is -2.92. The van der Waals surface area contributed by atoms with E-state index < -0.39 is 62.7 Å². The number of carboxylic acids is 1. The Hall–Kier alpha value is -2.96. The highest BCUT2D eigenvalue weighted by Crippen LogP contribution is 2.36. The number of hydrogen-bond donors (Lipinski definition) is 3. The Bertz CT molecular complexity index is 1130. The number of nitrogens with one attached hydrogen (secondary N) is 1. The molecule has 0 bridgehead atoms. The first-order chi connectivity index (χ1) is 15.6. The monoisotopic (exact) mass is 486 g/mol. The van der Waals surface area contributed by atoms with Gasteiger partial charge in [-0.1, -0.05) is 18.2 Å². The van der Waals surface area contributed by atoms with Gasteiger partial charge in [-0.15, -0.1) is 4.52 Å². The molecule has 14 heteroatoms. The van der Waals surface area contributed by atoms with Gasteiger partial charge >= 0.3 is 19.8 Å². The third-order valence-electron chi connectivity index (χ3n) is 4.85. The zero-order chi connectivity index (χ0) is 24.3. The number of carboxylic acid groups (broad SMARTS) is 1. The van der Waals surface area contributed by atoms with Crippen LogP contribution in [0.1, 0.15) is 18.7 Å². The van der Waals surface area contributed by atoms with Crippen molar-refractivity contribution in [3.63, 3.8) is 0 Å². The quantitative estimate of drug-likeness (QED) is 0.343. The van der Waals surface area contributed by atoms with Crippen molar-refractivity contribution < 1.29 is 38.1 Å². The lowest BCUT2D eigenvalue weighted by molar-refractivity contribution is -0.148. The highest BCUT2D eigenvalue weighted by Gasteiger charge is 2.49. The maximum atomic E-state index is 14.7. The first-order valence-corrected chi connectivity index (χ1v) is 10.9. The molecule has 2 aromatic rings. The highest BCUT2D eigenvalue weighted by molar-refractivity contribution is 7.36. The normalized spacial score (nSPS) is 24.0. The molecule has 2 heterocycles. The zero-order valence-corrected chi connectivity index (χ0v) is 18.4. The number of aromatic amines is 1. The molecule has 1 saturated heterocycles. The molecule has 1 aliphatic heterocycles. The summed E-state index contributed by atoms with van der Waals surface area (Å²) in [4.78, 5) is 43.0. The summed E-state index contributed by atoms with van der Waals surface area (Å²) >= 11 is 0. The molecule has 3 N–H and O–H groups in total. The van der Waals surface area contributed by atoms with Crippen molar-refractivity contribution in [2.24, 2.45) is 0 Å². The lowest BCUT2D eigenvalue weighted by Gasteiger charge is -2.16. The summed E-state index contributed by atoms with van der Waals surface area (Å²) in [5.41, 5.74) is -1.46. The van der Waals surface area contributed by atoms with Crippen LogP contribution in [0.3, 0.4) is 0 Å². The van der Waals surface area contributed by atoms with E-state index in [0.717, 1.165) is 10.8 Å². The second kappa shape index (κ2) is 10.3. The van der Waals surface area contributed by atoms with Gasteiger partial charge in [-0.2, -0.15) is 0 Å². The van der Waals surface area contributed by atoms with Gasteiger partial charge in [-0.05, 0) is 30.5 Å². The van der Waals surface area contributed by atoms with Crippen LogP contribution in [0.25, 0.3) is 0 Å². The van der Waals surface area contributed by atoms with Crippen LogP contribution in [-0.2, 0) is 18.6 Å². The first-order valence-electron chi connectivity index (χ1n) is 9.75. The molecule has 12 nitrogen and oxygen atoms in total. The third kappa shape index (κ3) is 5.52. The van der Waals surface area contributed by atoms with Gasteiger partial charge < -0.3 is 19.8 Å². The van der Waals surface area contributed by atoms with Gasteiger partial charge in [0.05, 0.1) is 0 Å². The number of aromatic nitrogens is 2. The molecule has 1 aromatic heterocycles. The van der Waals surface area contributed by atoms with E-state index in [0.29, 0.717) is 4.83 Å². The number of para-hydroxylation sites is 1. The van der Waals surface area contributed by atoms with Crippen LogP contribution in [0.15, 0.2) is 46.1 Å². The number of aryl methyl sites for hydroxylation is 1. The van der Waals surface area contributed by atoms with E-state index in [1.54, 1.807) is 18.2 Å². The van der Waals surface area contributed by atoms with Gasteiger partial charge in [0.15, 0.2) is 24.2 Å². The molecule has 3 rings (SSSR count). The van der Waals surface area contributed by atoms with Gasteiger partial charge in [0.25, 0.3) is 5.56 Å². The van der Waals surface area contributed by atoms with Gasteiger partial charge in [-0.25, -0.2) is 9.18 Å². The summed E-state index contributed by atoms with van der Waals surface area (Å²) in [5.74, 6) is -1.14. The van der Waals surface area contributed by atoms with Crippen molar-refractivity contribution >= 4 is 14.1 Å². The minimum Gasteiger partial charge on any atom is -0.480 e. The molecule has 178 valence electrons. The maximum absolute atomic E-state index is 14.7. The Labute approximate surface area is 187 Å². The Morgan fingerprint density at radius 1 is 1.36 bits per heavy atom. The van der Waals surface area contributed by atoms with Crippen molar-refractivity contribution in [3.8, 4) is 5.75 Å². The molecular formula is C19H22FN3O9P+. The number of aliphatic carboxylic acids is 1. The smallest absolute Gasteiger partial charge is 0.480 e. The van der Waals surface area contributed by atoms with Crippen LogP contribution in [0.2, 0.25) is 0 Å². The summed E-state index contributed by atoms with van der Waals surface area (Å²) in [6.07, 6.45) is -5.63. The van der Waals surface area contributed by atoms with Crippen molar-refractivity contribution in [2.45, 2.75) is 44.5 Å². The number of nitrogens with zero attached hydrogens (tertiary/aromatic N) is 2. The number of H-pyrrole nitrogens is 1. The summed E-state index contributed by atoms with van der Waals surface area (Å²) in [5, 5.41) is 19.5. The molecular weight excluding hydrogens is 464 g/mol. The Balaban J connectivity index is 1.71. The van der Waals surface area contributed by atoms with Crippen LogP contribution in [0.4, 0.5) is 4.39 Å². The fourth-order valence-corrected chi connectivity index (χ4v) is 3.90. The maximum Gasteiger partial charge on any atom is 0.653 e. The number of halogens is 1. The van der Waals surface area contributed by atoms with Gasteiger partial charge in [0, 0.05) is 11.8 Å². The summed E-state index contributed by atoms with van der Waals surface area (Å²) in [6.45, 7) is 2.02. The van der Waals surface area contributed by atoms with Gasteiger partial charge in [-0.3, -0.25) is 19.1 Å². The first kappa shape index (κ1) is 24.7. The molecule has 0 radical (unpaired) electrons. The van der Waals surface area contributed by atoms with E-state index in [1.807, 2.05) is 4.98 Å². The average Bonchev–Trinajstić information content (AvgIpc) is 3.06. The Kier molecular flexibility index (Phi) is 7.72. The van der Waals surface area contributed by atoms with E-state index in [9.17, 15) is 33.6 Å². The molecule has 0 spiro atoms. The number of hydroxylamine groups is 1. The molecule has 6 atom stereocenters. The number of aliphatic hydroxyl groups is 1. The van der Waals surface area contributed by atoms with Crippen LogP contribution < -0.4 is 16.1 Å². The molecule has 1 aromatic carbocycles. The number of aliphatic hydroxyl groups excluding tert-OH is 1. The summed E-state index contributed by atoms with van der Waals surface area (Å²) in [6, 6.07) is 6.59. The highest BCUT2D eigenvalue weighted by atomic mass is 31.1. The van der Waals surface area contributed by atoms with Gasteiger partial charge in [0.1, 0.15) is 23.6 Å². The summed E-state index contributed by atoms with van der Waals surface area (Å²) in [7, 11) is -2.92. The number of hydrogen-bond acceptors (Lipinski definition) is 8. The molecule has 33 heavy (non-hydrogen) atoms. The van der Waals surface area contributed by atoms with Crippen LogP contribution in [0.5, 0.6) is 5.75 Å². The van der Waals surface area contributed by atoms with Crippen molar-refractivity contribution in [1.29, 1.82) is 0 Å². The SMILES string of the molecule is Cc1cn([C@H]2O[C@@H](CO[P+](=O)N(Oc3ccccc3)C(C)C(=O)O)[C@H](O)[C@H]2F)c(=O)[nH]c1=O. The second-order valence-electron chi connectivity index (χ2n) is 7.23. The fourth-order valence-electron chi connectivity index (χ4n) is 2.97. The Morgan fingerprint density at radius 2 is 2.03 bits per heavy atom. The van der Waals surface area contributed by atoms with E-state index in [4.69, 9.17) is 14.1 Å². The fraction of sp³-hybridized carbons (Fsp3) is 0.421. The second-order valence-corrected chi connectivity index (χ2v) is 8.36. The predicted molar refractivity (Wildman–Crippen MR) is 110 cm³/mol. The number of ether oxygens (including phenoxy) is 1. The predicted octanol–water partition coefficient (Wildman–Crippen LogP) is 0.885. The lowest BCUT2D eigenvalue weighted by Crippen LogP contribution is -2.37. The van der Waals surface area contributed by atoms with Crippen LogP contribution >= 0.6 is 8.18 Å². The number of benzene rings is 1. The Morgan fingerprint density at radius 3 is 2.67 bits per heavy atom. The van der Waals surface area contributed by atoms with E-state index in [1.165, 1.54) is 26.0 Å². The zero-order valence-electron chi connectivity index (χ0n) is 17.5. The molecule has 1 aliphatic rings. The van der Waals surface area contributed by atoms with Crippen molar-refractivity contribution in [3.05, 3.63) is 62.9 Å². The number of carbonyl (C=O) groups is 1. The average molecular weight is 486 g/mol. The standard InChI is InChI=1S/C19H21FN3O9P/c1-10-8-22(19(28)21-16(10)25)17-14(20)15(24)13(31-17)9-30-33(29)23(11(2)18(26)27)32-12-6-4-3-5-7-12/h3-8,11,13-15,17,24H,9H2,1-2H3,(H-,21,25,26,27,28)/p+1/t11?,13-,14+,15-,17-/m0/s1. The van der Waals surface area contributed by atoms with E-state index in [-0.39, 0.29) is 11.3 Å². The van der Waals surface area contributed by atoms with Crippen molar-refractivity contribution in [1.82, 2.24) is 14.4 Å². The molecule has 0 saturated carbocycles. The molecule has 1 fully saturated rings. The van der Waals surface area contributed by atoms with Crippen molar-refractivity contribution in [2.75, 3.05) is 6.61 Å². The van der Waals surface area contributed by atoms with E-state index >= 15 is 0 Å². The topological polar surface area (TPSA) is 160 Å². The number of rotatable bonds is 9. The van der Waals surface area contributed by atoms with Crippen LogP contribution in [-0.4, -0.2) is 61.6 Å². The molecule has 2 unspecified atom stereocenters. The third-order valence-corrected chi connectivity index (χ3v) is 5.97. The molecule has 0 aliphatic carbocycles. The van der Waals surface area contributed by atoms with Gasteiger partial charge in [0.2, 0.25) is 0 Å². The minimum absolute atomic E-state index is 0.124. The number of alkyl halides is 1. The molecule has 0 amide bonds. The van der Waals surface area contributed by atoms with E-state index in [2.05, 4.69) is 0 Å².